The largest absolute Gasteiger partial charge is 0.461 e. The third kappa shape index (κ3) is 8.06. The molecule has 0 atom stereocenters. The van der Waals surface area contributed by atoms with Gasteiger partial charge in [-0.05, 0) is 37.5 Å². The smallest absolute Gasteiger partial charge is 0.412 e. The van der Waals surface area contributed by atoms with Crippen molar-refractivity contribution in [2.45, 2.75) is 59.7 Å². The minimum absolute atomic E-state index is 0.0714. The van der Waals surface area contributed by atoms with E-state index in [-0.39, 0.29) is 24.7 Å². The maximum atomic E-state index is 12.4. The highest BCUT2D eigenvalue weighted by Crippen LogP contribution is 2.26. The summed E-state index contributed by atoms with van der Waals surface area (Å²) in [7, 11) is 0. The van der Waals surface area contributed by atoms with Crippen molar-refractivity contribution >= 4 is 23.7 Å². The molecule has 0 heterocycles. The highest BCUT2D eigenvalue weighted by atomic mass is 16.6. The van der Waals surface area contributed by atoms with Gasteiger partial charge >= 0.3 is 18.0 Å². The lowest BCUT2D eigenvalue weighted by Gasteiger charge is -2.24. The Morgan fingerprint density at radius 3 is 2.34 bits per heavy atom. The molecule has 0 saturated carbocycles. The van der Waals surface area contributed by atoms with Crippen LogP contribution in [0.2, 0.25) is 0 Å². The summed E-state index contributed by atoms with van der Waals surface area (Å²) in [5, 5.41) is 2.66. The second kappa shape index (κ2) is 11.3. The molecule has 0 aromatic heterocycles. The van der Waals surface area contributed by atoms with Crippen molar-refractivity contribution in [1.82, 2.24) is 0 Å². The number of rotatable bonds is 9. The first kappa shape index (κ1) is 24.9. The van der Waals surface area contributed by atoms with Gasteiger partial charge in [0.15, 0.2) is 0 Å². The monoisotopic (exact) mass is 441 g/mol. The summed E-state index contributed by atoms with van der Waals surface area (Å²) < 4.78 is 16.1. The third-order valence-corrected chi connectivity index (χ3v) is 4.81. The van der Waals surface area contributed by atoms with Crippen molar-refractivity contribution < 1.29 is 28.6 Å². The molecular formula is C25H31NO6. The molecule has 0 bridgehead atoms. The zero-order valence-corrected chi connectivity index (χ0v) is 19.3. The molecule has 0 unspecified atom stereocenters. The molecule has 0 aliphatic rings. The van der Waals surface area contributed by atoms with Crippen molar-refractivity contribution in [2.24, 2.45) is 5.92 Å². The standard InChI is InChI=1S/C25H31NO6/c1-6-25(4,5)32-24(29)26-21-15-20(31-23(28)17(2)3)13-12-19(21)14-22(27)30-16-18-10-8-7-9-11-18/h7-13,15,17H,6,14,16H2,1-5H3,(H,26,29). The van der Waals surface area contributed by atoms with Gasteiger partial charge in [0.05, 0.1) is 18.0 Å². The number of nitrogens with one attached hydrogen (secondary N) is 1. The summed E-state index contributed by atoms with van der Waals surface area (Å²) in [6.07, 6.45) is -0.105. The van der Waals surface area contributed by atoms with Crippen molar-refractivity contribution in [2.75, 3.05) is 5.32 Å². The second-order valence-electron chi connectivity index (χ2n) is 8.35. The molecular weight excluding hydrogens is 410 g/mol. The van der Waals surface area contributed by atoms with E-state index >= 15 is 0 Å². The van der Waals surface area contributed by atoms with Gasteiger partial charge in [-0.2, -0.15) is 0 Å². The number of anilines is 1. The highest BCUT2D eigenvalue weighted by Gasteiger charge is 2.22. The maximum absolute atomic E-state index is 12.4. The Morgan fingerprint density at radius 2 is 1.72 bits per heavy atom. The fourth-order valence-corrected chi connectivity index (χ4v) is 2.53. The van der Waals surface area contributed by atoms with Crippen molar-refractivity contribution in [3.05, 3.63) is 59.7 Å². The predicted molar refractivity (Wildman–Crippen MR) is 121 cm³/mol. The summed E-state index contributed by atoms with van der Waals surface area (Å²) in [6.45, 7) is 9.11. The zero-order chi connectivity index (χ0) is 23.7. The fourth-order valence-electron chi connectivity index (χ4n) is 2.53. The average Bonchev–Trinajstić information content (AvgIpc) is 2.74. The quantitative estimate of drug-likeness (QED) is 0.421. The summed E-state index contributed by atoms with van der Waals surface area (Å²) in [4.78, 5) is 36.8. The highest BCUT2D eigenvalue weighted by molar-refractivity contribution is 5.88. The number of hydrogen-bond acceptors (Lipinski definition) is 6. The Balaban J connectivity index is 2.16. The average molecular weight is 442 g/mol. The normalized spacial score (nSPS) is 11.1. The summed E-state index contributed by atoms with van der Waals surface area (Å²) >= 11 is 0. The molecule has 0 aliphatic carbocycles. The lowest BCUT2D eigenvalue weighted by molar-refractivity contribution is -0.144. The van der Waals surface area contributed by atoms with Crippen LogP contribution >= 0.6 is 0 Å². The molecule has 2 rings (SSSR count). The number of amides is 1. The molecule has 2 aromatic rings. The lowest BCUT2D eigenvalue weighted by atomic mass is 10.1. The molecule has 172 valence electrons. The van der Waals surface area contributed by atoms with Gasteiger partial charge in [0.25, 0.3) is 0 Å². The van der Waals surface area contributed by atoms with Crippen LogP contribution in [-0.2, 0) is 32.1 Å². The van der Waals surface area contributed by atoms with E-state index in [9.17, 15) is 14.4 Å². The van der Waals surface area contributed by atoms with Gasteiger partial charge in [0.1, 0.15) is 18.0 Å². The van der Waals surface area contributed by atoms with Crippen molar-refractivity contribution in [3.63, 3.8) is 0 Å². The molecule has 7 nitrogen and oxygen atoms in total. The number of benzene rings is 2. The fraction of sp³-hybridized carbons (Fsp3) is 0.400. The van der Waals surface area contributed by atoms with Crippen LogP contribution in [0, 0.1) is 5.92 Å². The van der Waals surface area contributed by atoms with Gasteiger partial charge in [0.2, 0.25) is 0 Å². The van der Waals surface area contributed by atoms with Gasteiger partial charge in [-0.15, -0.1) is 0 Å². The third-order valence-electron chi connectivity index (χ3n) is 4.81. The van der Waals surface area contributed by atoms with E-state index in [4.69, 9.17) is 14.2 Å². The van der Waals surface area contributed by atoms with Crippen LogP contribution in [0.5, 0.6) is 5.75 Å². The topological polar surface area (TPSA) is 90.9 Å². The Hall–Kier alpha value is -3.35. The first-order valence-corrected chi connectivity index (χ1v) is 10.6. The number of carbonyl (C=O) groups is 3. The van der Waals surface area contributed by atoms with Crippen LogP contribution in [0.1, 0.15) is 52.2 Å². The summed E-state index contributed by atoms with van der Waals surface area (Å²) in [5.74, 6) is -0.906. The Labute approximate surface area is 189 Å². The van der Waals surface area contributed by atoms with Crippen LogP contribution in [0.3, 0.4) is 0 Å². The van der Waals surface area contributed by atoms with Crippen LogP contribution in [0.25, 0.3) is 0 Å². The van der Waals surface area contributed by atoms with Crippen LogP contribution < -0.4 is 10.1 Å². The maximum Gasteiger partial charge on any atom is 0.412 e. The van der Waals surface area contributed by atoms with Gasteiger partial charge in [0, 0.05) is 6.07 Å². The molecule has 0 saturated heterocycles. The Bertz CT molecular complexity index is 937. The molecule has 0 aliphatic heterocycles. The van der Waals surface area contributed by atoms with E-state index in [0.29, 0.717) is 17.7 Å². The zero-order valence-electron chi connectivity index (χ0n) is 19.3. The first-order chi connectivity index (χ1) is 15.1. The molecule has 7 heteroatoms. The van der Waals surface area contributed by atoms with Crippen molar-refractivity contribution in [1.29, 1.82) is 0 Å². The molecule has 1 N–H and O–H groups in total. The minimum Gasteiger partial charge on any atom is -0.461 e. The van der Waals surface area contributed by atoms with E-state index in [0.717, 1.165) is 5.56 Å². The summed E-state index contributed by atoms with van der Waals surface area (Å²) in [6, 6.07) is 14.0. The van der Waals surface area contributed by atoms with Crippen molar-refractivity contribution in [3.8, 4) is 5.75 Å². The SMILES string of the molecule is CCC(C)(C)OC(=O)Nc1cc(OC(=O)C(C)C)ccc1CC(=O)OCc1ccccc1. The Kier molecular flexibility index (Phi) is 8.81. The second-order valence-corrected chi connectivity index (χ2v) is 8.35. The molecule has 1 amide bonds. The predicted octanol–water partition coefficient (Wildman–Crippen LogP) is 5.27. The van der Waals surface area contributed by atoms with E-state index < -0.39 is 23.6 Å². The number of esters is 2. The molecule has 2 aromatic carbocycles. The van der Waals surface area contributed by atoms with Gasteiger partial charge in [-0.1, -0.05) is 57.2 Å². The summed E-state index contributed by atoms with van der Waals surface area (Å²) in [5.41, 5.74) is 1.05. The molecule has 32 heavy (non-hydrogen) atoms. The number of hydrogen-bond donors (Lipinski definition) is 1. The number of ether oxygens (including phenoxy) is 3. The van der Waals surface area contributed by atoms with Gasteiger partial charge in [-0.3, -0.25) is 14.9 Å². The Morgan fingerprint density at radius 1 is 1.03 bits per heavy atom. The van der Waals surface area contributed by atoms with Crippen LogP contribution in [-0.4, -0.2) is 23.6 Å². The minimum atomic E-state index is -0.664. The molecule has 0 radical (unpaired) electrons. The molecule has 0 spiro atoms. The lowest BCUT2D eigenvalue weighted by Crippen LogP contribution is -2.30. The van der Waals surface area contributed by atoms with Gasteiger partial charge in [-0.25, -0.2) is 4.79 Å². The molecule has 0 fully saturated rings. The van der Waals surface area contributed by atoms with E-state index in [1.54, 1.807) is 39.8 Å². The van der Waals surface area contributed by atoms with Crippen LogP contribution in [0.15, 0.2) is 48.5 Å². The van der Waals surface area contributed by atoms with Crippen LogP contribution in [0.4, 0.5) is 10.5 Å². The van der Waals surface area contributed by atoms with Gasteiger partial charge < -0.3 is 14.2 Å². The number of carbonyl (C=O) groups excluding carboxylic acids is 3. The van der Waals surface area contributed by atoms with E-state index in [1.165, 1.54) is 6.07 Å². The first-order valence-electron chi connectivity index (χ1n) is 10.6. The van der Waals surface area contributed by atoms with E-state index in [1.807, 2.05) is 37.3 Å². The van der Waals surface area contributed by atoms with E-state index in [2.05, 4.69) is 5.32 Å².